The first-order valence-corrected chi connectivity index (χ1v) is 11.3. The first-order valence-electron chi connectivity index (χ1n) is 10.4. The van der Waals surface area contributed by atoms with E-state index in [0.29, 0.717) is 22.9 Å². The molecule has 1 N–H and O–H groups in total. The van der Waals surface area contributed by atoms with Crippen LogP contribution in [0.4, 0.5) is 5.69 Å². The number of hydrogen-bond acceptors (Lipinski definition) is 6. The van der Waals surface area contributed by atoms with E-state index in [1.807, 2.05) is 86.0 Å². The molecule has 8 heteroatoms. The first-order chi connectivity index (χ1) is 16.1. The largest absolute Gasteiger partial charge is 0.483 e. The number of amides is 1. The summed E-state index contributed by atoms with van der Waals surface area (Å²) >= 11 is 1.59. The van der Waals surface area contributed by atoms with Gasteiger partial charge >= 0.3 is 0 Å². The summed E-state index contributed by atoms with van der Waals surface area (Å²) in [7, 11) is 0. The van der Waals surface area contributed by atoms with Crippen molar-refractivity contribution in [3.05, 3.63) is 83.2 Å². The molecule has 3 heterocycles. The first kappa shape index (κ1) is 20.8. The molecule has 1 amide bonds. The number of benzene rings is 2. The predicted octanol–water partition coefficient (Wildman–Crippen LogP) is 5.15. The molecular formula is C25H21N5O2S. The van der Waals surface area contributed by atoms with Crippen molar-refractivity contribution in [2.24, 2.45) is 0 Å². The maximum Gasteiger partial charge on any atom is 0.262 e. The highest BCUT2D eigenvalue weighted by Gasteiger charge is 2.12. The summed E-state index contributed by atoms with van der Waals surface area (Å²) < 4.78 is 7.45. The molecule has 0 fully saturated rings. The molecule has 0 aliphatic carbocycles. The Bertz CT molecular complexity index is 1440. The summed E-state index contributed by atoms with van der Waals surface area (Å²) in [5.41, 5.74) is 5.05. The Hall–Kier alpha value is -4.04. The van der Waals surface area contributed by atoms with Gasteiger partial charge in [0.1, 0.15) is 5.75 Å². The van der Waals surface area contributed by atoms with Gasteiger partial charge < -0.3 is 10.1 Å². The van der Waals surface area contributed by atoms with Gasteiger partial charge in [-0.2, -0.15) is 9.61 Å². The third kappa shape index (κ3) is 4.47. The average molecular weight is 456 g/mol. The van der Waals surface area contributed by atoms with Crippen molar-refractivity contribution in [1.29, 1.82) is 0 Å². The Morgan fingerprint density at radius 1 is 1.03 bits per heavy atom. The zero-order valence-electron chi connectivity index (χ0n) is 18.1. The van der Waals surface area contributed by atoms with E-state index >= 15 is 0 Å². The van der Waals surface area contributed by atoms with E-state index in [9.17, 15) is 4.79 Å². The minimum atomic E-state index is -0.227. The number of carbonyl (C=O) groups excluding carboxylic acids is 1. The molecule has 0 spiro atoms. The molecule has 0 saturated heterocycles. The fraction of sp³-hybridized carbons (Fsp3) is 0.120. The summed E-state index contributed by atoms with van der Waals surface area (Å²) in [6.45, 7) is 3.88. The third-order valence-corrected chi connectivity index (χ3v) is 6.01. The molecule has 5 rings (SSSR count). The third-order valence-electron chi connectivity index (χ3n) is 5.15. The van der Waals surface area contributed by atoms with Gasteiger partial charge in [0.15, 0.2) is 18.1 Å². The van der Waals surface area contributed by atoms with Crippen LogP contribution >= 0.6 is 11.3 Å². The molecule has 0 aliphatic rings. The molecule has 0 unspecified atom stereocenters. The SMILES string of the molecule is Cc1ccc(C)c(OCC(=O)Nc2cccc(-c3ccc4nnc(-c5cccs5)n4n3)c2)c1. The summed E-state index contributed by atoms with van der Waals surface area (Å²) in [5.74, 6) is 1.19. The highest BCUT2D eigenvalue weighted by atomic mass is 32.1. The predicted molar refractivity (Wildman–Crippen MR) is 130 cm³/mol. The minimum absolute atomic E-state index is 0.0659. The number of hydrogen-bond donors (Lipinski definition) is 1. The number of nitrogens with one attached hydrogen (secondary N) is 1. The Morgan fingerprint density at radius 2 is 1.94 bits per heavy atom. The number of ether oxygens (including phenoxy) is 1. The molecule has 33 heavy (non-hydrogen) atoms. The second-order valence-electron chi connectivity index (χ2n) is 7.68. The number of nitrogens with zero attached hydrogens (tertiary/aromatic N) is 4. The van der Waals surface area contributed by atoms with E-state index in [4.69, 9.17) is 9.84 Å². The lowest BCUT2D eigenvalue weighted by molar-refractivity contribution is -0.118. The van der Waals surface area contributed by atoms with Crippen LogP contribution in [0.2, 0.25) is 0 Å². The van der Waals surface area contributed by atoms with Gasteiger partial charge in [-0.05, 0) is 66.8 Å². The lowest BCUT2D eigenvalue weighted by Crippen LogP contribution is -2.20. The highest BCUT2D eigenvalue weighted by molar-refractivity contribution is 7.13. The van der Waals surface area contributed by atoms with Gasteiger partial charge in [0.25, 0.3) is 5.91 Å². The van der Waals surface area contributed by atoms with E-state index in [2.05, 4.69) is 15.5 Å². The molecule has 3 aromatic heterocycles. The second-order valence-corrected chi connectivity index (χ2v) is 8.62. The molecule has 0 radical (unpaired) electrons. The van der Waals surface area contributed by atoms with Gasteiger partial charge in [-0.3, -0.25) is 4.79 Å². The van der Waals surface area contributed by atoms with Crippen LogP contribution in [0.5, 0.6) is 5.75 Å². The van der Waals surface area contributed by atoms with E-state index in [0.717, 1.165) is 27.3 Å². The van der Waals surface area contributed by atoms with Gasteiger partial charge in [0, 0.05) is 11.3 Å². The Morgan fingerprint density at radius 3 is 2.79 bits per heavy atom. The lowest BCUT2D eigenvalue weighted by Gasteiger charge is -2.11. The smallest absolute Gasteiger partial charge is 0.262 e. The summed E-state index contributed by atoms with van der Waals surface area (Å²) in [6.07, 6.45) is 0. The normalized spacial score (nSPS) is 11.0. The monoisotopic (exact) mass is 455 g/mol. The molecule has 0 saturated carbocycles. The lowest BCUT2D eigenvalue weighted by atomic mass is 10.1. The van der Waals surface area contributed by atoms with E-state index < -0.39 is 0 Å². The summed E-state index contributed by atoms with van der Waals surface area (Å²) in [4.78, 5) is 13.5. The standard InChI is InChI=1S/C25H21N5O2S/c1-16-8-9-17(2)21(13-16)32-15-24(31)26-19-6-3-5-18(14-19)20-10-11-23-27-28-25(30(23)29-20)22-7-4-12-33-22/h3-14H,15H2,1-2H3,(H,26,31). The van der Waals surface area contributed by atoms with Crippen LogP contribution in [0.3, 0.4) is 0 Å². The molecule has 0 bridgehead atoms. The molecular weight excluding hydrogens is 434 g/mol. The van der Waals surface area contributed by atoms with Crippen molar-refractivity contribution in [2.45, 2.75) is 13.8 Å². The van der Waals surface area contributed by atoms with Crippen LogP contribution < -0.4 is 10.1 Å². The maximum absolute atomic E-state index is 12.5. The number of rotatable bonds is 6. The van der Waals surface area contributed by atoms with Crippen LogP contribution in [-0.4, -0.2) is 32.3 Å². The number of fused-ring (bicyclic) bond motifs is 1. The average Bonchev–Trinajstić information content (AvgIpc) is 3.49. The van der Waals surface area contributed by atoms with Crippen molar-refractivity contribution in [3.63, 3.8) is 0 Å². The van der Waals surface area contributed by atoms with Crippen molar-refractivity contribution in [2.75, 3.05) is 11.9 Å². The van der Waals surface area contributed by atoms with Crippen molar-refractivity contribution in [1.82, 2.24) is 19.8 Å². The zero-order chi connectivity index (χ0) is 22.8. The van der Waals surface area contributed by atoms with Crippen molar-refractivity contribution in [3.8, 4) is 27.7 Å². The molecule has 5 aromatic rings. The van der Waals surface area contributed by atoms with E-state index in [1.54, 1.807) is 15.9 Å². The van der Waals surface area contributed by atoms with Crippen LogP contribution in [0.15, 0.2) is 72.1 Å². The molecule has 0 aliphatic heterocycles. The summed E-state index contributed by atoms with van der Waals surface area (Å²) in [6, 6.07) is 21.2. The van der Waals surface area contributed by atoms with Gasteiger partial charge in [0.05, 0.1) is 10.6 Å². The fourth-order valence-corrected chi connectivity index (χ4v) is 4.16. The van der Waals surface area contributed by atoms with Crippen molar-refractivity contribution < 1.29 is 9.53 Å². The van der Waals surface area contributed by atoms with Crippen LogP contribution in [0.1, 0.15) is 11.1 Å². The number of aryl methyl sites for hydroxylation is 2. The highest BCUT2D eigenvalue weighted by Crippen LogP contribution is 2.26. The quantitative estimate of drug-likeness (QED) is 0.383. The van der Waals surface area contributed by atoms with Gasteiger partial charge in [0.2, 0.25) is 0 Å². The number of carbonyl (C=O) groups is 1. The molecule has 2 aromatic carbocycles. The van der Waals surface area contributed by atoms with Crippen molar-refractivity contribution >= 4 is 28.6 Å². The Kier molecular flexibility index (Phi) is 5.58. The van der Waals surface area contributed by atoms with Crippen LogP contribution in [0, 0.1) is 13.8 Å². The number of aromatic nitrogens is 4. The molecule has 0 atom stereocenters. The fourth-order valence-electron chi connectivity index (χ4n) is 3.46. The van der Waals surface area contributed by atoms with Gasteiger partial charge in [-0.15, -0.1) is 21.5 Å². The summed E-state index contributed by atoms with van der Waals surface area (Å²) in [5, 5.41) is 18.1. The Balaban J connectivity index is 1.34. The van der Waals surface area contributed by atoms with E-state index in [1.165, 1.54) is 0 Å². The molecule has 7 nitrogen and oxygen atoms in total. The minimum Gasteiger partial charge on any atom is -0.483 e. The Labute approximate surface area is 194 Å². The topological polar surface area (TPSA) is 81.4 Å². The maximum atomic E-state index is 12.5. The van der Waals surface area contributed by atoms with Crippen LogP contribution in [0.25, 0.3) is 27.6 Å². The zero-order valence-corrected chi connectivity index (χ0v) is 19.0. The van der Waals surface area contributed by atoms with Gasteiger partial charge in [-0.1, -0.05) is 30.3 Å². The van der Waals surface area contributed by atoms with Crippen LogP contribution in [-0.2, 0) is 4.79 Å². The second kappa shape index (κ2) is 8.84. The van der Waals surface area contributed by atoms with Gasteiger partial charge in [-0.25, -0.2) is 0 Å². The number of thiophene rings is 1. The molecule has 164 valence electrons. The number of anilines is 1. The van der Waals surface area contributed by atoms with E-state index in [-0.39, 0.29) is 12.5 Å².